The van der Waals surface area contributed by atoms with Crippen molar-refractivity contribution in [3.63, 3.8) is 0 Å². The standard InChI is InChI=1S/C13H22N2O2S/c1-5-12-15-11(8-18-12)7-14-10(4)9(3)13(16)17-6-2/h8-10,14H,5-7H2,1-4H3/t9-,10-/m0/s1. The summed E-state index contributed by atoms with van der Waals surface area (Å²) >= 11 is 1.68. The molecule has 0 aliphatic carbocycles. The fourth-order valence-electron chi connectivity index (χ4n) is 1.51. The number of thiazole rings is 1. The van der Waals surface area contributed by atoms with E-state index in [9.17, 15) is 4.79 Å². The van der Waals surface area contributed by atoms with Crippen LogP contribution in [0.5, 0.6) is 0 Å². The van der Waals surface area contributed by atoms with E-state index in [1.54, 1.807) is 11.3 Å². The minimum atomic E-state index is -0.148. The summed E-state index contributed by atoms with van der Waals surface area (Å²) in [5.74, 6) is -0.292. The summed E-state index contributed by atoms with van der Waals surface area (Å²) in [6.07, 6.45) is 0.972. The second kappa shape index (κ2) is 7.48. The van der Waals surface area contributed by atoms with Gasteiger partial charge in [-0.1, -0.05) is 13.8 Å². The van der Waals surface area contributed by atoms with Gasteiger partial charge in [0.1, 0.15) is 0 Å². The molecule has 0 amide bonds. The van der Waals surface area contributed by atoms with Crippen molar-refractivity contribution in [3.8, 4) is 0 Å². The highest BCUT2D eigenvalue weighted by Crippen LogP contribution is 2.11. The zero-order valence-corrected chi connectivity index (χ0v) is 12.3. The second-order valence-corrected chi connectivity index (χ2v) is 5.24. The summed E-state index contributed by atoms with van der Waals surface area (Å²) < 4.78 is 5.01. The Balaban J connectivity index is 2.40. The van der Waals surface area contributed by atoms with Gasteiger partial charge in [-0.15, -0.1) is 11.3 Å². The van der Waals surface area contributed by atoms with Crippen molar-refractivity contribution in [3.05, 3.63) is 16.1 Å². The van der Waals surface area contributed by atoms with E-state index in [0.717, 1.165) is 17.1 Å². The van der Waals surface area contributed by atoms with Crippen molar-refractivity contribution < 1.29 is 9.53 Å². The van der Waals surface area contributed by atoms with Crippen molar-refractivity contribution in [1.29, 1.82) is 0 Å². The van der Waals surface area contributed by atoms with Gasteiger partial charge in [-0.25, -0.2) is 4.98 Å². The molecule has 0 spiro atoms. The number of nitrogens with zero attached hydrogens (tertiary/aromatic N) is 1. The Morgan fingerprint density at radius 1 is 1.50 bits per heavy atom. The maximum absolute atomic E-state index is 11.6. The van der Waals surface area contributed by atoms with Gasteiger partial charge in [0, 0.05) is 18.0 Å². The number of nitrogens with one attached hydrogen (secondary N) is 1. The molecule has 1 N–H and O–H groups in total. The van der Waals surface area contributed by atoms with Crippen molar-refractivity contribution >= 4 is 17.3 Å². The zero-order chi connectivity index (χ0) is 13.5. The molecule has 0 aliphatic rings. The normalized spacial score (nSPS) is 14.2. The lowest BCUT2D eigenvalue weighted by Crippen LogP contribution is -2.36. The highest BCUT2D eigenvalue weighted by Gasteiger charge is 2.20. The first-order valence-electron chi connectivity index (χ1n) is 6.41. The average Bonchev–Trinajstić information content (AvgIpc) is 2.83. The molecule has 1 rings (SSSR count). The van der Waals surface area contributed by atoms with Crippen LogP contribution in [0, 0.1) is 5.92 Å². The topological polar surface area (TPSA) is 51.2 Å². The fraction of sp³-hybridized carbons (Fsp3) is 0.692. The molecular weight excluding hydrogens is 248 g/mol. The van der Waals surface area contributed by atoms with E-state index in [0.29, 0.717) is 13.2 Å². The summed E-state index contributed by atoms with van der Waals surface area (Å²) in [7, 11) is 0. The number of esters is 1. The van der Waals surface area contributed by atoms with Crippen molar-refractivity contribution in [2.24, 2.45) is 5.92 Å². The highest BCUT2D eigenvalue weighted by atomic mass is 32.1. The number of hydrogen-bond donors (Lipinski definition) is 1. The third-order valence-electron chi connectivity index (χ3n) is 2.92. The smallest absolute Gasteiger partial charge is 0.310 e. The molecule has 0 radical (unpaired) electrons. The molecule has 0 fully saturated rings. The van der Waals surface area contributed by atoms with Crippen molar-refractivity contribution in [2.45, 2.75) is 46.7 Å². The molecule has 4 nitrogen and oxygen atoms in total. The molecule has 102 valence electrons. The van der Waals surface area contributed by atoms with Gasteiger partial charge in [0.15, 0.2) is 0 Å². The first kappa shape index (κ1) is 15.1. The summed E-state index contributed by atoms with van der Waals surface area (Å²) in [4.78, 5) is 16.1. The second-order valence-electron chi connectivity index (χ2n) is 4.30. The molecule has 0 saturated heterocycles. The lowest BCUT2D eigenvalue weighted by Gasteiger charge is -2.19. The average molecular weight is 270 g/mol. The lowest BCUT2D eigenvalue weighted by molar-refractivity contribution is -0.148. The minimum Gasteiger partial charge on any atom is -0.466 e. The highest BCUT2D eigenvalue weighted by molar-refractivity contribution is 7.09. The van der Waals surface area contributed by atoms with E-state index in [1.807, 2.05) is 20.8 Å². The zero-order valence-electron chi connectivity index (χ0n) is 11.5. The number of aryl methyl sites for hydroxylation is 1. The van der Waals surface area contributed by atoms with Crippen molar-refractivity contribution in [2.75, 3.05) is 6.61 Å². The number of rotatable bonds is 7. The summed E-state index contributed by atoms with van der Waals surface area (Å²) in [5.41, 5.74) is 1.04. The van der Waals surface area contributed by atoms with E-state index < -0.39 is 0 Å². The quantitative estimate of drug-likeness (QED) is 0.773. The van der Waals surface area contributed by atoms with Gasteiger partial charge in [-0.05, 0) is 20.3 Å². The third-order valence-corrected chi connectivity index (χ3v) is 3.96. The van der Waals surface area contributed by atoms with Gasteiger partial charge in [0.05, 0.1) is 23.2 Å². The molecule has 0 aliphatic heterocycles. The number of ether oxygens (including phenoxy) is 1. The fourth-order valence-corrected chi connectivity index (χ4v) is 2.26. The van der Waals surface area contributed by atoms with Gasteiger partial charge < -0.3 is 10.1 Å². The molecular formula is C13H22N2O2S. The molecule has 5 heteroatoms. The van der Waals surface area contributed by atoms with Crippen LogP contribution in [-0.4, -0.2) is 23.6 Å². The van der Waals surface area contributed by atoms with Crippen molar-refractivity contribution in [1.82, 2.24) is 10.3 Å². The van der Waals surface area contributed by atoms with E-state index in [4.69, 9.17) is 4.74 Å². The Morgan fingerprint density at radius 2 is 2.22 bits per heavy atom. The molecule has 0 unspecified atom stereocenters. The molecule has 1 aromatic rings. The minimum absolute atomic E-state index is 0.0795. The number of hydrogen-bond acceptors (Lipinski definition) is 5. The van der Waals surface area contributed by atoms with E-state index in [2.05, 4.69) is 22.6 Å². The van der Waals surface area contributed by atoms with Crippen LogP contribution in [0.3, 0.4) is 0 Å². The Labute approximate surface area is 113 Å². The lowest BCUT2D eigenvalue weighted by atomic mass is 10.0. The number of aromatic nitrogens is 1. The molecule has 0 aromatic carbocycles. The number of carbonyl (C=O) groups is 1. The monoisotopic (exact) mass is 270 g/mol. The van der Waals surface area contributed by atoms with Crippen LogP contribution < -0.4 is 5.32 Å². The van der Waals surface area contributed by atoms with Crippen LogP contribution >= 0.6 is 11.3 Å². The SMILES string of the molecule is CCOC(=O)[C@@H](C)[C@H](C)NCc1csc(CC)n1. The number of carbonyl (C=O) groups excluding carboxylic acids is 1. The molecule has 0 bridgehead atoms. The van der Waals surface area contributed by atoms with E-state index in [-0.39, 0.29) is 17.9 Å². The third kappa shape index (κ3) is 4.38. The Hall–Kier alpha value is -0.940. The van der Waals surface area contributed by atoms with Crippen LogP contribution in [0.15, 0.2) is 5.38 Å². The van der Waals surface area contributed by atoms with E-state index in [1.165, 1.54) is 0 Å². The first-order chi connectivity index (χ1) is 8.58. The largest absolute Gasteiger partial charge is 0.466 e. The molecule has 0 saturated carbocycles. The summed E-state index contributed by atoms with van der Waals surface area (Å²) in [5, 5.41) is 6.53. The van der Waals surface area contributed by atoms with Gasteiger partial charge in [0.25, 0.3) is 0 Å². The predicted molar refractivity (Wildman–Crippen MR) is 73.6 cm³/mol. The summed E-state index contributed by atoms with van der Waals surface area (Å²) in [6.45, 7) is 8.93. The maximum Gasteiger partial charge on any atom is 0.310 e. The van der Waals surface area contributed by atoms with Gasteiger partial charge in [-0.3, -0.25) is 4.79 Å². The van der Waals surface area contributed by atoms with Gasteiger partial charge in [-0.2, -0.15) is 0 Å². The Morgan fingerprint density at radius 3 is 2.78 bits per heavy atom. The maximum atomic E-state index is 11.6. The van der Waals surface area contributed by atoms with Crippen LogP contribution in [0.2, 0.25) is 0 Å². The molecule has 2 atom stereocenters. The molecule has 1 heterocycles. The van der Waals surface area contributed by atoms with E-state index >= 15 is 0 Å². The summed E-state index contributed by atoms with van der Waals surface area (Å²) in [6, 6.07) is 0.0795. The predicted octanol–water partition coefficient (Wildman–Crippen LogP) is 2.38. The molecule has 1 aromatic heterocycles. The Kier molecular flexibility index (Phi) is 6.29. The van der Waals surface area contributed by atoms with Crippen LogP contribution in [0.1, 0.15) is 38.4 Å². The van der Waals surface area contributed by atoms with Crippen LogP contribution in [0.4, 0.5) is 0 Å². The van der Waals surface area contributed by atoms with Crippen LogP contribution in [-0.2, 0) is 22.5 Å². The van der Waals surface area contributed by atoms with Gasteiger partial charge in [0.2, 0.25) is 0 Å². The molecule has 18 heavy (non-hydrogen) atoms. The van der Waals surface area contributed by atoms with Crippen LogP contribution in [0.25, 0.3) is 0 Å². The first-order valence-corrected chi connectivity index (χ1v) is 7.29. The van der Waals surface area contributed by atoms with Gasteiger partial charge >= 0.3 is 5.97 Å². The Bertz CT molecular complexity index is 379.